The molecule has 2 aliphatic rings. The molecule has 3 rings (SSSR count). The predicted octanol–water partition coefficient (Wildman–Crippen LogP) is 1.74. The first kappa shape index (κ1) is 13.8. The molecular formula is C14H15F2N3O2. The summed E-state index contributed by atoms with van der Waals surface area (Å²) in [4.78, 5) is 16.6. The van der Waals surface area contributed by atoms with Crippen LogP contribution in [0, 0.1) is 0 Å². The van der Waals surface area contributed by atoms with Gasteiger partial charge in [0.2, 0.25) is 0 Å². The molecule has 2 fully saturated rings. The number of hydrogen-bond donors (Lipinski definition) is 2. The fourth-order valence-corrected chi connectivity index (χ4v) is 2.28. The van der Waals surface area contributed by atoms with Crippen LogP contribution < -0.4 is 15.4 Å². The zero-order chi connectivity index (χ0) is 15.0. The second-order valence-electron chi connectivity index (χ2n) is 5.29. The van der Waals surface area contributed by atoms with E-state index in [0.717, 1.165) is 12.8 Å². The number of ether oxygens (including phenoxy) is 1. The molecule has 112 valence electrons. The van der Waals surface area contributed by atoms with Crippen molar-refractivity contribution in [1.29, 1.82) is 0 Å². The van der Waals surface area contributed by atoms with Crippen molar-refractivity contribution in [1.82, 2.24) is 10.6 Å². The van der Waals surface area contributed by atoms with Crippen molar-refractivity contribution in [2.45, 2.75) is 38.0 Å². The zero-order valence-corrected chi connectivity index (χ0v) is 11.4. The van der Waals surface area contributed by atoms with Crippen LogP contribution in [-0.4, -0.2) is 24.5 Å². The van der Waals surface area contributed by atoms with E-state index in [2.05, 4.69) is 20.4 Å². The van der Waals surface area contributed by atoms with Gasteiger partial charge in [-0.2, -0.15) is 8.78 Å². The first-order valence-corrected chi connectivity index (χ1v) is 6.71. The Balaban J connectivity index is 1.93. The molecule has 1 atom stereocenters. The molecule has 0 aromatic heterocycles. The summed E-state index contributed by atoms with van der Waals surface area (Å²) in [5, 5.41) is 5.63. The van der Waals surface area contributed by atoms with E-state index in [9.17, 15) is 13.6 Å². The third-order valence-corrected chi connectivity index (χ3v) is 3.55. The van der Waals surface area contributed by atoms with Gasteiger partial charge >= 0.3 is 6.61 Å². The van der Waals surface area contributed by atoms with E-state index in [1.165, 1.54) is 6.07 Å². The third-order valence-electron chi connectivity index (χ3n) is 3.55. The Morgan fingerprint density at radius 2 is 2.10 bits per heavy atom. The molecule has 1 saturated heterocycles. The van der Waals surface area contributed by atoms with E-state index >= 15 is 0 Å². The molecule has 1 unspecified atom stereocenters. The van der Waals surface area contributed by atoms with E-state index in [0.29, 0.717) is 11.5 Å². The number of hydrogen-bond acceptors (Lipinski definition) is 3. The highest BCUT2D eigenvalue weighted by Crippen LogP contribution is 2.33. The fourth-order valence-electron chi connectivity index (χ4n) is 2.28. The van der Waals surface area contributed by atoms with Gasteiger partial charge in [-0.3, -0.25) is 10.1 Å². The molecule has 1 aliphatic carbocycles. The number of halogens is 2. The highest BCUT2D eigenvalue weighted by Gasteiger charge is 2.45. The van der Waals surface area contributed by atoms with Gasteiger partial charge in [-0.25, -0.2) is 4.99 Å². The lowest BCUT2D eigenvalue weighted by molar-refractivity contribution is -0.123. The van der Waals surface area contributed by atoms with Gasteiger partial charge in [0.1, 0.15) is 11.3 Å². The normalized spacial score (nSPS) is 26.9. The maximum absolute atomic E-state index is 12.5. The first-order valence-electron chi connectivity index (χ1n) is 6.71. The Morgan fingerprint density at radius 3 is 2.76 bits per heavy atom. The minimum absolute atomic E-state index is 0.0229. The molecule has 2 N–H and O–H groups in total. The van der Waals surface area contributed by atoms with E-state index in [-0.39, 0.29) is 17.7 Å². The molecule has 21 heavy (non-hydrogen) atoms. The molecule has 1 heterocycles. The van der Waals surface area contributed by atoms with Crippen molar-refractivity contribution in [2.24, 2.45) is 4.99 Å². The summed E-state index contributed by atoms with van der Waals surface area (Å²) >= 11 is 0. The van der Waals surface area contributed by atoms with Crippen LogP contribution in [0.15, 0.2) is 29.3 Å². The molecule has 0 spiro atoms. The number of carbonyl (C=O) groups is 1. The summed E-state index contributed by atoms with van der Waals surface area (Å²) in [6.07, 6.45) is 2.01. The average molecular weight is 295 g/mol. The van der Waals surface area contributed by atoms with Gasteiger partial charge in [0.05, 0.1) is 6.04 Å². The lowest BCUT2D eigenvalue weighted by Gasteiger charge is -2.24. The van der Waals surface area contributed by atoms with Gasteiger partial charge in [-0.05, 0) is 25.8 Å². The summed E-state index contributed by atoms with van der Waals surface area (Å²) in [7, 11) is 0. The van der Waals surface area contributed by atoms with Crippen molar-refractivity contribution in [3.63, 3.8) is 0 Å². The number of amides is 1. The maximum atomic E-state index is 12.5. The van der Waals surface area contributed by atoms with Crippen LogP contribution in [0.5, 0.6) is 5.75 Å². The van der Waals surface area contributed by atoms with E-state index in [1.807, 2.05) is 0 Å². The molecule has 1 amide bonds. The van der Waals surface area contributed by atoms with Crippen LogP contribution in [0.2, 0.25) is 0 Å². The largest absolute Gasteiger partial charge is 0.434 e. The van der Waals surface area contributed by atoms with Crippen molar-refractivity contribution in [3.8, 4) is 5.75 Å². The minimum atomic E-state index is -2.95. The first-order chi connectivity index (χ1) is 9.99. The number of rotatable bonds is 4. The van der Waals surface area contributed by atoms with E-state index in [4.69, 9.17) is 0 Å². The number of nitrogens with zero attached hydrogens (tertiary/aromatic N) is 1. The van der Waals surface area contributed by atoms with Crippen LogP contribution in [0.25, 0.3) is 0 Å². The van der Waals surface area contributed by atoms with Crippen LogP contribution in [0.4, 0.5) is 8.78 Å². The molecular weight excluding hydrogens is 280 g/mol. The molecule has 5 nitrogen and oxygen atoms in total. The summed E-state index contributed by atoms with van der Waals surface area (Å²) in [6, 6.07) is 6.49. The molecule has 1 aliphatic heterocycles. The van der Waals surface area contributed by atoms with Gasteiger partial charge in [-0.1, -0.05) is 18.2 Å². The Kier molecular flexibility index (Phi) is 3.27. The van der Waals surface area contributed by atoms with Crippen molar-refractivity contribution in [2.75, 3.05) is 0 Å². The number of nitrogens with one attached hydrogen (secondary N) is 2. The highest BCUT2D eigenvalue weighted by atomic mass is 19.3. The molecule has 7 heteroatoms. The lowest BCUT2D eigenvalue weighted by Crippen LogP contribution is -2.41. The summed E-state index contributed by atoms with van der Waals surface area (Å²) in [5.41, 5.74) is -0.831. The number of alkyl halides is 2. The van der Waals surface area contributed by atoms with Crippen LogP contribution in [-0.2, 0) is 10.3 Å². The summed E-state index contributed by atoms with van der Waals surface area (Å²) in [6.45, 7) is -1.33. The summed E-state index contributed by atoms with van der Waals surface area (Å²) in [5.74, 6) is 0.0226. The number of aliphatic imine (C=N–C) groups is 1. The van der Waals surface area contributed by atoms with Crippen LogP contribution >= 0.6 is 0 Å². The van der Waals surface area contributed by atoms with Gasteiger partial charge in [-0.15, -0.1) is 0 Å². The van der Waals surface area contributed by atoms with E-state index < -0.39 is 12.2 Å². The van der Waals surface area contributed by atoms with Gasteiger partial charge in [0.15, 0.2) is 5.96 Å². The van der Waals surface area contributed by atoms with Crippen molar-refractivity contribution in [3.05, 3.63) is 29.8 Å². The Morgan fingerprint density at radius 1 is 1.38 bits per heavy atom. The van der Waals surface area contributed by atoms with Crippen LogP contribution in [0.3, 0.4) is 0 Å². The number of benzene rings is 1. The zero-order valence-electron chi connectivity index (χ0n) is 11.4. The maximum Gasteiger partial charge on any atom is 0.387 e. The van der Waals surface area contributed by atoms with Crippen LogP contribution in [0.1, 0.15) is 25.3 Å². The van der Waals surface area contributed by atoms with Gasteiger partial charge in [0.25, 0.3) is 5.91 Å². The molecule has 0 radical (unpaired) electrons. The Bertz CT molecular complexity index is 602. The minimum Gasteiger partial charge on any atom is -0.434 e. The summed E-state index contributed by atoms with van der Waals surface area (Å²) < 4.78 is 29.5. The van der Waals surface area contributed by atoms with Crippen molar-refractivity contribution < 1.29 is 18.3 Å². The third kappa shape index (κ3) is 2.68. The van der Waals surface area contributed by atoms with Gasteiger partial charge in [0, 0.05) is 5.56 Å². The predicted molar refractivity (Wildman–Crippen MR) is 72.2 cm³/mol. The lowest BCUT2D eigenvalue weighted by atomic mass is 9.91. The van der Waals surface area contributed by atoms with Crippen molar-refractivity contribution >= 4 is 11.9 Å². The fraction of sp³-hybridized carbons (Fsp3) is 0.429. The second kappa shape index (κ2) is 4.98. The Hall–Kier alpha value is -2.18. The average Bonchev–Trinajstić information content (AvgIpc) is 3.17. The topological polar surface area (TPSA) is 62.7 Å². The molecule has 1 aromatic rings. The standard InChI is InChI=1S/C14H15F2N3O2/c1-14(9-4-2-3-5-10(9)21-12(15)16)11(20)18-13(19-14)17-8-6-7-8/h2-5,8,12H,6-7H2,1H3,(H2,17,18,19,20). The molecule has 1 saturated carbocycles. The monoisotopic (exact) mass is 295 g/mol. The second-order valence-corrected chi connectivity index (χ2v) is 5.29. The van der Waals surface area contributed by atoms with E-state index in [1.54, 1.807) is 25.1 Å². The molecule has 0 bridgehead atoms. The number of carbonyl (C=O) groups excluding carboxylic acids is 1. The highest BCUT2D eigenvalue weighted by molar-refractivity contribution is 6.09. The molecule has 1 aromatic carbocycles. The smallest absolute Gasteiger partial charge is 0.387 e. The van der Waals surface area contributed by atoms with Gasteiger partial charge < -0.3 is 10.1 Å². The quantitative estimate of drug-likeness (QED) is 0.889. The Labute approximate surface area is 120 Å². The number of para-hydroxylation sites is 1. The number of guanidine groups is 1. The SMILES string of the molecule is CC1(c2ccccc2OC(F)F)NC(=NC2CC2)NC1=O.